The Labute approximate surface area is 77.1 Å². The van der Waals surface area contributed by atoms with E-state index >= 15 is 0 Å². The van der Waals surface area contributed by atoms with Crippen LogP contribution < -0.4 is 5.73 Å². The van der Waals surface area contributed by atoms with Crippen LogP contribution in [-0.4, -0.2) is 29.3 Å². The van der Waals surface area contributed by atoms with Gasteiger partial charge in [-0.25, -0.2) is 0 Å². The van der Waals surface area contributed by atoms with Crippen molar-refractivity contribution in [3.8, 4) is 0 Å². The first-order chi connectivity index (χ1) is 6.16. The molecule has 74 valence electrons. The van der Waals surface area contributed by atoms with E-state index in [1.807, 2.05) is 0 Å². The van der Waals surface area contributed by atoms with Gasteiger partial charge in [0, 0.05) is 0 Å². The number of fused-ring (bicyclic) bond motifs is 2. The number of carboxylic acids is 1. The van der Waals surface area contributed by atoms with Gasteiger partial charge in [0.1, 0.15) is 6.04 Å². The first-order valence-corrected chi connectivity index (χ1v) is 4.80. The van der Waals surface area contributed by atoms with E-state index in [0.29, 0.717) is 18.4 Å². The van der Waals surface area contributed by atoms with Crippen LogP contribution in [0.5, 0.6) is 0 Å². The highest BCUT2D eigenvalue weighted by molar-refractivity contribution is 5.73. The summed E-state index contributed by atoms with van der Waals surface area (Å²) in [5.41, 5.74) is 5.47. The molecule has 4 unspecified atom stereocenters. The van der Waals surface area contributed by atoms with Crippen molar-refractivity contribution in [2.24, 2.45) is 11.7 Å². The summed E-state index contributed by atoms with van der Waals surface area (Å²) in [6.07, 6.45) is 4.47. The average molecular weight is 185 g/mol. The van der Waals surface area contributed by atoms with Gasteiger partial charge in [0.15, 0.2) is 0 Å². The van der Waals surface area contributed by atoms with Crippen molar-refractivity contribution in [3.63, 3.8) is 0 Å². The van der Waals surface area contributed by atoms with E-state index in [-0.39, 0.29) is 6.10 Å². The van der Waals surface area contributed by atoms with Crippen molar-refractivity contribution in [2.75, 3.05) is 0 Å². The van der Waals surface area contributed by atoms with Gasteiger partial charge < -0.3 is 15.6 Å². The minimum atomic E-state index is -0.900. The van der Waals surface area contributed by atoms with Crippen LogP contribution in [0.15, 0.2) is 0 Å². The fourth-order valence-corrected chi connectivity index (χ4v) is 2.42. The van der Waals surface area contributed by atoms with Crippen molar-refractivity contribution in [1.82, 2.24) is 0 Å². The Bertz CT molecular complexity index is 219. The summed E-state index contributed by atoms with van der Waals surface area (Å²) in [6, 6.07) is -0.715. The molecule has 0 spiro atoms. The predicted octanol–water partition coefficient (Wildman–Crippen LogP) is 0.356. The molecule has 0 amide bonds. The molecule has 3 N–H and O–H groups in total. The number of hydrogen-bond donors (Lipinski definition) is 2. The molecule has 0 aromatic heterocycles. The van der Waals surface area contributed by atoms with Crippen LogP contribution in [-0.2, 0) is 9.53 Å². The molecule has 13 heavy (non-hydrogen) atoms. The number of aliphatic carboxylic acids is 1. The van der Waals surface area contributed by atoms with Crippen molar-refractivity contribution in [1.29, 1.82) is 0 Å². The Morgan fingerprint density at radius 2 is 2.38 bits per heavy atom. The molecule has 0 aromatic rings. The molecule has 4 atom stereocenters. The zero-order valence-electron chi connectivity index (χ0n) is 7.48. The molecule has 0 saturated carbocycles. The third kappa shape index (κ3) is 1.69. The number of ether oxygens (including phenoxy) is 1. The quantitative estimate of drug-likeness (QED) is 0.665. The molecule has 0 radical (unpaired) electrons. The Balaban J connectivity index is 1.86. The topological polar surface area (TPSA) is 72.5 Å². The fourth-order valence-electron chi connectivity index (χ4n) is 2.42. The molecule has 0 aromatic carbocycles. The lowest BCUT2D eigenvalue weighted by molar-refractivity contribution is -0.139. The first-order valence-electron chi connectivity index (χ1n) is 4.80. The highest BCUT2D eigenvalue weighted by Gasteiger charge is 2.41. The Hall–Kier alpha value is -0.610. The molecule has 2 heterocycles. The van der Waals surface area contributed by atoms with Crippen molar-refractivity contribution in [3.05, 3.63) is 0 Å². The Morgan fingerprint density at radius 1 is 1.62 bits per heavy atom. The maximum absolute atomic E-state index is 10.5. The van der Waals surface area contributed by atoms with Crippen molar-refractivity contribution >= 4 is 5.97 Å². The second-order valence-corrected chi connectivity index (χ2v) is 4.05. The minimum absolute atomic E-state index is 0.287. The number of carboxylic acid groups (broad SMARTS) is 1. The van der Waals surface area contributed by atoms with Crippen molar-refractivity contribution in [2.45, 2.75) is 43.9 Å². The van der Waals surface area contributed by atoms with Gasteiger partial charge in [0.05, 0.1) is 12.2 Å². The van der Waals surface area contributed by atoms with Gasteiger partial charge in [0.2, 0.25) is 0 Å². The van der Waals surface area contributed by atoms with Gasteiger partial charge in [-0.3, -0.25) is 4.79 Å². The molecular weight excluding hydrogens is 170 g/mol. The highest BCUT2D eigenvalue weighted by atomic mass is 16.5. The molecule has 2 rings (SSSR count). The Morgan fingerprint density at radius 3 is 2.85 bits per heavy atom. The number of hydrogen-bond acceptors (Lipinski definition) is 3. The molecule has 2 aliphatic rings. The second kappa shape index (κ2) is 3.27. The molecule has 2 fully saturated rings. The van der Waals surface area contributed by atoms with Crippen LogP contribution in [0.4, 0.5) is 0 Å². The van der Waals surface area contributed by atoms with Crippen LogP contribution in [0.2, 0.25) is 0 Å². The van der Waals surface area contributed by atoms with Crippen LogP contribution in [0.25, 0.3) is 0 Å². The molecule has 2 bridgehead atoms. The van der Waals surface area contributed by atoms with E-state index in [0.717, 1.165) is 19.3 Å². The lowest BCUT2D eigenvalue weighted by Crippen LogP contribution is -2.34. The van der Waals surface area contributed by atoms with Gasteiger partial charge in [-0.1, -0.05) is 0 Å². The fraction of sp³-hybridized carbons (Fsp3) is 0.889. The third-order valence-electron chi connectivity index (χ3n) is 3.11. The predicted molar refractivity (Wildman–Crippen MR) is 46.2 cm³/mol. The van der Waals surface area contributed by atoms with E-state index < -0.39 is 12.0 Å². The van der Waals surface area contributed by atoms with E-state index in [1.165, 1.54) is 0 Å². The normalized spacial score (nSPS) is 39.3. The number of nitrogens with two attached hydrogens (primary N) is 1. The summed E-state index contributed by atoms with van der Waals surface area (Å²) in [5, 5.41) is 8.65. The molecule has 4 heteroatoms. The maximum atomic E-state index is 10.5. The van der Waals surface area contributed by atoms with Gasteiger partial charge in [0.25, 0.3) is 0 Å². The third-order valence-corrected chi connectivity index (χ3v) is 3.11. The summed E-state index contributed by atoms with van der Waals surface area (Å²) in [5.74, 6) is -0.521. The van der Waals surface area contributed by atoms with Crippen LogP contribution in [0.1, 0.15) is 25.7 Å². The van der Waals surface area contributed by atoms with Gasteiger partial charge in [-0.2, -0.15) is 0 Å². The molecule has 2 saturated heterocycles. The standard InChI is InChI=1S/C9H15NO3/c10-7(9(11)12)4-5-3-6-1-2-8(5)13-6/h5-8H,1-4,10H2,(H,11,12). The lowest BCUT2D eigenvalue weighted by atomic mass is 9.85. The van der Waals surface area contributed by atoms with E-state index in [2.05, 4.69) is 0 Å². The smallest absolute Gasteiger partial charge is 0.320 e. The van der Waals surface area contributed by atoms with Gasteiger partial charge in [-0.15, -0.1) is 0 Å². The van der Waals surface area contributed by atoms with Gasteiger partial charge in [-0.05, 0) is 31.6 Å². The first kappa shape index (κ1) is 8.97. The summed E-state index contributed by atoms with van der Waals surface area (Å²) >= 11 is 0. The summed E-state index contributed by atoms with van der Waals surface area (Å²) in [6.45, 7) is 0. The Kier molecular flexibility index (Phi) is 2.26. The van der Waals surface area contributed by atoms with E-state index in [1.54, 1.807) is 0 Å². The second-order valence-electron chi connectivity index (χ2n) is 4.05. The monoisotopic (exact) mass is 185 g/mol. The largest absolute Gasteiger partial charge is 0.480 e. The summed E-state index contributed by atoms with van der Waals surface area (Å²) in [4.78, 5) is 10.5. The average Bonchev–Trinajstić information content (AvgIpc) is 2.64. The van der Waals surface area contributed by atoms with Crippen LogP contribution in [0.3, 0.4) is 0 Å². The van der Waals surface area contributed by atoms with Crippen LogP contribution >= 0.6 is 0 Å². The SMILES string of the molecule is NC(CC1CC2CCC1O2)C(=O)O. The summed E-state index contributed by atoms with van der Waals surface area (Å²) in [7, 11) is 0. The number of rotatable bonds is 3. The lowest BCUT2D eigenvalue weighted by Gasteiger charge is -2.19. The summed E-state index contributed by atoms with van der Waals surface area (Å²) < 4.78 is 5.62. The molecule has 4 nitrogen and oxygen atoms in total. The van der Waals surface area contributed by atoms with E-state index in [9.17, 15) is 4.79 Å². The van der Waals surface area contributed by atoms with Gasteiger partial charge >= 0.3 is 5.97 Å². The van der Waals surface area contributed by atoms with Crippen LogP contribution in [0, 0.1) is 5.92 Å². The molecule has 0 aliphatic carbocycles. The zero-order valence-corrected chi connectivity index (χ0v) is 7.48. The maximum Gasteiger partial charge on any atom is 0.320 e. The molecular formula is C9H15NO3. The molecule has 2 aliphatic heterocycles. The minimum Gasteiger partial charge on any atom is -0.480 e. The van der Waals surface area contributed by atoms with E-state index in [4.69, 9.17) is 15.6 Å². The number of carbonyl (C=O) groups is 1. The highest BCUT2D eigenvalue weighted by Crippen LogP contribution is 2.40. The van der Waals surface area contributed by atoms with Crippen molar-refractivity contribution < 1.29 is 14.6 Å². The zero-order chi connectivity index (χ0) is 9.42.